The van der Waals surface area contributed by atoms with Gasteiger partial charge < -0.3 is 5.11 Å². The Morgan fingerprint density at radius 3 is 2.41 bits per heavy atom. The maximum absolute atomic E-state index is 12.2. The Morgan fingerprint density at radius 2 is 1.88 bits per heavy atom. The summed E-state index contributed by atoms with van der Waals surface area (Å²) in [4.78, 5) is 23.4. The zero-order valence-corrected chi connectivity index (χ0v) is 10.9. The van der Waals surface area contributed by atoms with Crippen LogP contribution in [0.25, 0.3) is 0 Å². The van der Waals surface area contributed by atoms with Gasteiger partial charge >= 0.3 is 5.97 Å². The van der Waals surface area contributed by atoms with E-state index in [-0.39, 0.29) is 23.2 Å². The van der Waals surface area contributed by atoms with Crippen molar-refractivity contribution in [2.24, 2.45) is 29.1 Å². The molecule has 17 heavy (non-hydrogen) atoms. The van der Waals surface area contributed by atoms with E-state index in [4.69, 9.17) is 5.11 Å². The van der Waals surface area contributed by atoms with Gasteiger partial charge in [-0.1, -0.05) is 20.8 Å². The van der Waals surface area contributed by atoms with Gasteiger partial charge in [0.1, 0.15) is 5.78 Å². The van der Waals surface area contributed by atoms with Crippen LogP contribution >= 0.6 is 0 Å². The highest BCUT2D eigenvalue weighted by atomic mass is 16.4. The number of carboxylic acid groups (broad SMARTS) is 1. The van der Waals surface area contributed by atoms with Crippen molar-refractivity contribution in [2.45, 2.75) is 46.5 Å². The molecule has 2 bridgehead atoms. The molecule has 0 heterocycles. The number of carboxylic acids is 1. The number of ketones is 1. The molecule has 2 aliphatic rings. The normalized spacial score (nSPS) is 37.9. The summed E-state index contributed by atoms with van der Waals surface area (Å²) in [6.07, 6.45) is 3.10. The Morgan fingerprint density at radius 1 is 1.24 bits per heavy atom. The molecule has 3 nitrogen and oxygen atoms in total. The predicted octanol–water partition coefficient (Wildman–Crippen LogP) is 2.74. The van der Waals surface area contributed by atoms with Crippen LogP contribution < -0.4 is 0 Å². The van der Waals surface area contributed by atoms with Crippen molar-refractivity contribution in [2.75, 3.05) is 0 Å². The van der Waals surface area contributed by atoms with Gasteiger partial charge in [-0.2, -0.15) is 0 Å². The first-order chi connectivity index (χ1) is 7.80. The monoisotopic (exact) mass is 238 g/mol. The van der Waals surface area contributed by atoms with Crippen LogP contribution in [0, 0.1) is 29.1 Å². The van der Waals surface area contributed by atoms with Crippen molar-refractivity contribution in [1.29, 1.82) is 0 Å². The topological polar surface area (TPSA) is 54.4 Å². The number of rotatable bonds is 1. The van der Waals surface area contributed by atoms with Gasteiger partial charge in [-0.15, -0.1) is 0 Å². The van der Waals surface area contributed by atoms with Crippen molar-refractivity contribution in [3.63, 3.8) is 0 Å². The second-order valence-electron chi connectivity index (χ2n) is 6.76. The standard InChI is InChI=1S/C14H22O3/c1-14(2,3)11-5-4-8-6-9(13(16)17)7-10(11)12(8)15/h8-11H,4-7H2,1-3H3,(H,16,17)/t8-,9+,10+,11+/m1/s1. The number of Topliss-reactive ketones (excluding diaryl/α,β-unsaturated/α-hetero) is 1. The van der Waals surface area contributed by atoms with Crippen LogP contribution in [-0.4, -0.2) is 16.9 Å². The van der Waals surface area contributed by atoms with E-state index in [1.165, 1.54) is 0 Å². The Hall–Kier alpha value is -0.860. The van der Waals surface area contributed by atoms with Crippen LogP contribution in [0.2, 0.25) is 0 Å². The largest absolute Gasteiger partial charge is 0.481 e. The summed E-state index contributed by atoms with van der Waals surface area (Å²) < 4.78 is 0. The van der Waals surface area contributed by atoms with Crippen LogP contribution in [0.15, 0.2) is 0 Å². The highest BCUT2D eigenvalue weighted by Gasteiger charge is 2.48. The molecule has 0 unspecified atom stereocenters. The highest BCUT2D eigenvalue weighted by molar-refractivity contribution is 5.87. The average Bonchev–Trinajstić information content (AvgIpc) is 2.14. The quantitative estimate of drug-likeness (QED) is 0.764. The van der Waals surface area contributed by atoms with Gasteiger partial charge in [0.25, 0.3) is 0 Å². The molecule has 0 amide bonds. The molecule has 0 saturated heterocycles. The van der Waals surface area contributed by atoms with Crippen molar-refractivity contribution in [1.82, 2.24) is 0 Å². The van der Waals surface area contributed by atoms with Crippen molar-refractivity contribution >= 4 is 11.8 Å². The Balaban J connectivity index is 2.22. The van der Waals surface area contributed by atoms with Crippen LogP contribution in [0.4, 0.5) is 0 Å². The van der Waals surface area contributed by atoms with E-state index in [1.54, 1.807) is 0 Å². The first-order valence-electron chi connectivity index (χ1n) is 6.57. The smallest absolute Gasteiger partial charge is 0.306 e. The van der Waals surface area contributed by atoms with Crippen LogP contribution in [0.3, 0.4) is 0 Å². The molecule has 0 aromatic heterocycles. The second kappa shape index (κ2) is 4.11. The lowest BCUT2D eigenvalue weighted by Gasteiger charge is -2.46. The zero-order chi connectivity index (χ0) is 12.8. The third-order valence-electron chi connectivity index (χ3n) is 4.65. The third-order valence-corrected chi connectivity index (χ3v) is 4.65. The molecule has 0 aliphatic heterocycles. The van der Waals surface area contributed by atoms with E-state index >= 15 is 0 Å². The lowest BCUT2D eigenvalue weighted by molar-refractivity contribution is -0.151. The van der Waals surface area contributed by atoms with Crippen molar-refractivity contribution in [3.05, 3.63) is 0 Å². The molecule has 0 radical (unpaired) electrons. The minimum Gasteiger partial charge on any atom is -0.481 e. The fourth-order valence-corrected chi connectivity index (χ4v) is 3.72. The summed E-state index contributed by atoms with van der Waals surface area (Å²) in [5.74, 6) is -0.311. The number of hydrogen-bond acceptors (Lipinski definition) is 2. The van der Waals surface area contributed by atoms with Crippen LogP contribution in [0.1, 0.15) is 46.5 Å². The molecule has 0 spiro atoms. The zero-order valence-electron chi connectivity index (χ0n) is 10.9. The lowest BCUT2D eigenvalue weighted by Crippen LogP contribution is -2.46. The van der Waals surface area contributed by atoms with E-state index in [0.29, 0.717) is 24.5 Å². The molecule has 0 aromatic rings. The average molecular weight is 238 g/mol. The number of aliphatic carboxylic acids is 1. The SMILES string of the molecule is CC(C)(C)[C@H]1CC[C@@H]2C[C@H](C(=O)O)C[C@@H]1C2=O. The van der Waals surface area contributed by atoms with E-state index in [0.717, 1.165) is 12.8 Å². The summed E-state index contributed by atoms with van der Waals surface area (Å²) >= 11 is 0. The van der Waals surface area contributed by atoms with Gasteiger partial charge in [-0.3, -0.25) is 9.59 Å². The van der Waals surface area contributed by atoms with Crippen LogP contribution in [-0.2, 0) is 9.59 Å². The van der Waals surface area contributed by atoms with Gasteiger partial charge in [0, 0.05) is 11.8 Å². The summed E-state index contributed by atoms with van der Waals surface area (Å²) in [5, 5.41) is 9.16. The summed E-state index contributed by atoms with van der Waals surface area (Å²) in [7, 11) is 0. The third kappa shape index (κ3) is 2.24. The van der Waals surface area contributed by atoms with Crippen molar-refractivity contribution in [3.8, 4) is 0 Å². The Kier molecular flexibility index (Phi) is 3.04. The maximum Gasteiger partial charge on any atom is 0.306 e. The first kappa shape index (κ1) is 12.6. The number of carbonyl (C=O) groups excluding carboxylic acids is 1. The number of hydrogen-bond donors (Lipinski definition) is 1. The first-order valence-corrected chi connectivity index (χ1v) is 6.57. The van der Waals surface area contributed by atoms with E-state index in [2.05, 4.69) is 20.8 Å². The van der Waals surface area contributed by atoms with Gasteiger partial charge in [0.2, 0.25) is 0 Å². The maximum atomic E-state index is 12.2. The molecule has 96 valence electrons. The van der Waals surface area contributed by atoms with E-state index in [1.807, 2.05) is 0 Å². The van der Waals surface area contributed by atoms with Gasteiger partial charge in [-0.05, 0) is 37.0 Å². The van der Waals surface area contributed by atoms with Crippen LogP contribution in [0.5, 0.6) is 0 Å². The number of carbonyl (C=O) groups is 2. The molecule has 3 heteroatoms. The molecule has 2 aliphatic carbocycles. The molecule has 2 rings (SSSR count). The number of fused-ring (bicyclic) bond motifs is 2. The fraction of sp³-hybridized carbons (Fsp3) is 0.857. The molecule has 1 N–H and O–H groups in total. The summed E-state index contributed by atoms with van der Waals surface area (Å²) in [5.41, 5.74) is 0.103. The summed E-state index contributed by atoms with van der Waals surface area (Å²) in [6.45, 7) is 6.49. The minimum atomic E-state index is -0.720. The molecule has 2 saturated carbocycles. The molecular weight excluding hydrogens is 216 g/mol. The Bertz CT molecular complexity index is 340. The van der Waals surface area contributed by atoms with Gasteiger partial charge in [-0.25, -0.2) is 0 Å². The van der Waals surface area contributed by atoms with E-state index < -0.39 is 5.97 Å². The second-order valence-corrected chi connectivity index (χ2v) is 6.76. The lowest BCUT2D eigenvalue weighted by atomic mass is 9.57. The fourth-order valence-electron chi connectivity index (χ4n) is 3.72. The molecular formula is C14H22O3. The summed E-state index contributed by atoms with van der Waals surface area (Å²) in [6, 6.07) is 0. The van der Waals surface area contributed by atoms with Gasteiger partial charge in [0.05, 0.1) is 5.92 Å². The predicted molar refractivity (Wildman–Crippen MR) is 64.5 cm³/mol. The molecule has 0 aromatic carbocycles. The minimum absolute atomic E-state index is 0.0106. The van der Waals surface area contributed by atoms with E-state index in [9.17, 15) is 9.59 Å². The molecule has 2 fully saturated rings. The van der Waals surface area contributed by atoms with Crippen molar-refractivity contribution < 1.29 is 14.7 Å². The highest BCUT2D eigenvalue weighted by Crippen LogP contribution is 2.49. The Labute approximate surface area is 103 Å². The van der Waals surface area contributed by atoms with Gasteiger partial charge in [0.15, 0.2) is 0 Å². The molecule has 4 atom stereocenters.